The minimum absolute atomic E-state index is 0.105. The Balaban J connectivity index is 1.96. The van der Waals surface area contributed by atoms with Crippen molar-refractivity contribution in [2.75, 3.05) is 17.3 Å². The molecule has 0 unspecified atom stereocenters. The van der Waals surface area contributed by atoms with Gasteiger partial charge in [0.05, 0.1) is 52.7 Å². The van der Waals surface area contributed by atoms with Crippen LogP contribution >= 0.6 is 0 Å². The summed E-state index contributed by atoms with van der Waals surface area (Å²) in [4.78, 5) is 30.7. The molecule has 0 saturated heterocycles. The third-order valence-electron chi connectivity index (χ3n) is 6.75. The first-order valence-corrected chi connectivity index (χ1v) is 15.0. The van der Waals surface area contributed by atoms with E-state index < -0.39 is 56.8 Å². The molecular formula is C28H30F3N5O6S. The predicted octanol–water partition coefficient (Wildman–Crippen LogP) is 5.22. The van der Waals surface area contributed by atoms with Crippen molar-refractivity contribution in [3.05, 3.63) is 53.0 Å². The van der Waals surface area contributed by atoms with Gasteiger partial charge in [0.1, 0.15) is 10.5 Å². The van der Waals surface area contributed by atoms with Crippen LogP contribution in [0.2, 0.25) is 0 Å². The molecule has 0 aromatic carbocycles. The van der Waals surface area contributed by atoms with Gasteiger partial charge < -0.3 is 9.47 Å². The van der Waals surface area contributed by atoms with Crippen molar-refractivity contribution < 1.29 is 40.7 Å². The van der Waals surface area contributed by atoms with Crippen LogP contribution in [0.15, 0.2) is 35.5 Å². The first-order valence-electron chi connectivity index (χ1n) is 13.4. The van der Waals surface area contributed by atoms with Gasteiger partial charge in [-0.2, -0.15) is 18.4 Å². The zero-order valence-corrected chi connectivity index (χ0v) is 25.0. The number of carbonyl (C=O) groups is 2. The molecule has 1 aliphatic carbocycles. The number of aromatic nitrogens is 3. The van der Waals surface area contributed by atoms with Gasteiger partial charge in [-0.25, -0.2) is 22.5 Å². The molecule has 0 aliphatic heterocycles. The van der Waals surface area contributed by atoms with Crippen LogP contribution in [0.4, 0.5) is 23.8 Å². The fourth-order valence-corrected chi connectivity index (χ4v) is 5.56. The zero-order valence-electron chi connectivity index (χ0n) is 24.1. The second-order valence-corrected chi connectivity index (χ2v) is 13.2. The van der Waals surface area contributed by atoms with Gasteiger partial charge in [-0.15, -0.1) is 5.10 Å². The van der Waals surface area contributed by atoms with E-state index in [0.29, 0.717) is 30.7 Å². The number of sulfone groups is 1. The van der Waals surface area contributed by atoms with Crippen LogP contribution < -0.4 is 4.90 Å². The maximum atomic E-state index is 13.6. The number of amides is 1. The van der Waals surface area contributed by atoms with Crippen molar-refractivity contribution >= 4 is 33.2 Å². The molecule has 0 bridgehead atoms. The highest BCUT2D eigenvalue weighted by molar-refractivity contribution is 7.91. The third-order valence-corrected chi connectivity index (χ3v) is 8.52. The van der Waals surface area contributed by atoms with E-state index in [4.69, 9.17) is 9.47 Å². The first kappa shape index (κ1) is 31.7. The molecule has 1 saturated carbocycles. The van der Waals surface area contributed by atoms with E-state index in [1.165, 1.54) is 30.6 Å². The second kappa shape index (κ2) is 11.1. The Bertz CT molecular complexity index is 1730. The lowest BCUT2D eigenvalue weighted by Gasteiger charge is -2.27. The Morgan fingerprint density at radius 3 is 2.40 bits per heavy atom. The van der Waals surface area contributed by atoms with Gasteiger partial charge in [0.2, 0.25) is 0 Å². The number of rotatable bonds is 8. The van der Waals surface area contributed by atoms with Crippen molar-refractivity contribution in [2.24, 2.45) is 0 Å². The quantitative estimate of drug-likeness (QED) is 0.309. The Hall–Kier alpha value is -4.19. The SMILES string of the molecule is CCOC(=O)c1cc(C(F)(F)F)cnc1CN(C(=O)OC(C)(C)C)c1nn2cc(C3(C#N)CC3)ccc2c1S(=O)(=O)CC. The highest BCUT2D eigenvalue weighted by atomic mass is 32.2. The topological polar surface area (TPSA) is 144 Å². The standard InChI is InChI=1S/C28H30F3N5O6S/c1-6-41-24(37)19-12-18(28(29,30)31)13-33-20(19)15-35(25(38)42-26(3,4)5)23-22(43(39,40)7-2)21-9-8-17(14-36(21)34-23)27(16-32)10-11-27/h8-9,12-14H,6-7,10-11,15H2,1-5H3. The summed E-state index contributed by atoms with van der Waals surface area (Å²) in [6.45, 7) is 6.74. The lowest BCUT2D eigenvalue weighted by Crippen LogP contribution is -2.38. The van der Waals surface area contributed by atoms with E-state index in [0.717, 1.165) is 4.90 Å². The summed E-state index contributed by atoms with van der Waals surface area (Å²) >= 11 is 0. The van der Waals surface area contributed by atoms with Crippen LogP contribution in [0, 0.1) is 11.3 Å². The van der Waals surface area contributed by atoms with Gasteiger partial charge in [-0.05, 0) is 58.2 Å². The molecule has 1 aliphatic rings. The Labute approximate surface area is 246 Å². The van der Waals surface area contributed by atoms with Gasteiger partial charge in [0.25, 0.3) is 0 Å². The third kappa shape index (κ3) is 6.43. The van der Waals surface area contributed by atoms with E-state index in [-0.39, 0.29) is 34.3 Å². The van der Waals surface area contributed by atoms with Crippen LogP contribution in [0.25, 0.3) is 5.52 Å². The van der Waals surface area contributed by atoms with Crippen LogP contribution in [0.1, 0.15) is 74.6 Å². The van der Waals surface area contributed by atoms with E-state index in [1.807, 2.05) is 0 Å². The zero-order chi connectivity index (χ0) is 32.0. The molecule has 11 nitrogen and oxygen atoms in total. The molecule has 3 heterocycles. The summed E-state index contributed by atoms with van der Waals surface area (Å²) in [5.41, 5.74) is -3.19. The number of pyridine rings is 2. The van der Waals surface area contributed by atoms with Crippen molar-refractivity contribution in [2.45, 2.75) is 76.1 Å². The Morgan fingerprint density at radius 1 is 1.19 bits per heavy atom. The molecule has 15 heteroatoms. The van der Waals surface area contributed by atoms with Crippen molar-refractivity contribution in [1.29, 1.82) is 5.26 Å². The van der Waals surface area contributed by atoms with Gasteiger partial charge in [0.15, 0.2) is 15.7 Å². The number of hydrogen-bond donors (Lipinski definition) is 0. The molecule has 0 radical (unpaired) electrons. The smallest absolute Gasteiger partial charge is 0.417 e. The number of nitrogens with zero attached hydrogens (tertiary/aromatic N) is 5. The summed E-state index contributed by atoms with van der Waals surface area (Å²) in [5.74, 6) is -1.88. The van der Waals surface area contributed by atoms with Gasteiger partial charge in [0, 0.05) is 12.4 Å². The molecule has 3 aromatic rings. The molecule has 0 atom stereocenters. The average molecular weight is 622 g/mol. The molecule has 3 aromatic heterocycles. The maximum Gasteiger partial charge on any atom is 0.417 e. The highest BCUT2D eigenvalue weighted by Crippen LogP contribution is 2.48. The minimum Gasteiger partial charge on any atom is -0.462 e. The minimum atomic E-state index is -4.83. The van der Waals surface area contributed by atoms with Gasteiger partial charge in [-0.1, -0.05) is 13.0 Å². The molecule has 0 spiro atoms. The van der Waals surface area contributed by atoms with Crippen molar-refractivity contribution in [3.63, 3.8) is 0 Å². The average Bonchev–Trinajstić information content (AvgIpc) is 3.63. The molecular weight excluding hydrogens is 591 g/mol. The molecule has 1 fully saturated rings. The van der Waals surface area contributed by atoms with Crippen LogP contribution in [-0.4, -0.2) is 53.0 Å². The molecule has 4 rings (SSSR count). The van der Waals surface area contributed by atoms with Gasteiger partial charge >= 0.3 is 18.2 Å². The number of halogens is 3. The number of anilines is 1. The monoisotopic (exact) mass is 621 g/mol. The summed E-state index contributed by atoms with van der Waals surface area (Å²) in [6, 6.07) is 5.93. The predicted molar refractivity (Wildman–Crippen MR) is 147 cm³/mol. The lowest BCUT2D eigenvalue weighted by atomic mass is 10.00. The van der Waals surface area contributed by atoms with E-state index in [1.54, 1.807) is 26.8 Å². The lowest BCUT2D eigenvalue weighted by molar-refractivity contribution is -0.137. The largest absolute Gasteiger partial charge is 0.462 e. The summed E-state index contributed by atoms with van der Waals surface area (Å²) in [7, 11) is -4.08. The number of esters is 1. The number of nitriles is 1. The van der Waals surface area contributed by atoms with Crippen molar-refractivity contribution in [3.8, 4) is 6.07 Å². The Morgan fingerprint density at radius 2 is 1.86 bits per heavy atom. The van der Waals surface area contributed by atoms with Gasteiger partial charge in [-0.3, -0.25) is 9.88 Å². The number of ether oxygens (including phenoxy) is 2. The summed E-state index contributed by atoms with van der Waals surface area (Å²) in [5, 5.41) is 14.1. The van der Waals surface area contributed by atoms with E-state index in [9.17, 15) is 36.4 Å². The van der Waals surface area contributed by atoms with E-state index >= 15 is 0 Å². The molecule has 43 heavy (non-hydrogen) atoms. The maximum absolute atomic E-state index is 13.6. The first-order chi connectivity index (χ1) is 20.0. The summed E-state index contributed by atoms with van der Waals surface area (Å²) < 4.78 is 79.1. The fraction of sp³-hybridized carbons (Fsp3) is 0.464. The summed E-state index contributed by atoms with van der Waals surface area (Å²) in [6.07, 6.45) is -2.68. The molecule has 0 N–H and O–H groups in total. The normalized spacial score (nSPS) is 14.7. The Kier molecular flexibility index (Phi) is 8.22. The van der Waals surface area contributed by atoms with Crippen LogP contribution in [0.3, 0.4) is 0 Å². The molecule has 230 valence electrons. The number of fused-ring (bicyclic) bond motifs is 1. The van der Waals surface area contributed by atoms with Crippen LogP contribution in [-0.2, 0) is 37.4 Å². The number of carbonyl (C=O) groups excluding carboxylic acids is 2. The number of alkyl halides is 3. The van der Waals surface area contributed by atoms with Crippen molar-refractivity contribution in [1.82, 2.24) is 14.6 Å². The highest BCUT2D eigenvalue weighted by Gasteiger charge is 2.45. The fourth-order valence-electron chi connectivity index (χ4n) is 4.36. The molecule has 1 amide bonds. The number of hydrogen-bond acceptors (Lipinski definition) is 9. The van der Waals surface area contributed by atoms with Crippen LogP contribution in [0.5, 0.6) is 0 Å². The van der Waals surface area contributed by atoms with E-state index in [2.05, 4.69) is 16.2 Å². The second-order valence-electron chi connectivity index (χ2n) is 11.0.